The summed E-state index contributed by atoms with van der Waals surface area (Å²) in [5, 5.41) is 0. The number of rotatable bonds is 2. The minimum Gasteiger partial charge on any atom is -0.423 e. The summed E-state index contributed by atoms with van der Waals surface area (Å²) in [5.41, 5.74) is 5.23. The van der Waals surface area contributed by atoms with Crippen molar-refractivity contribution in [1.29, 1.82) is 0 Å². The molecule has 0 spiro atoms. The first kappa shape index (κ1) is 13.4. The van der Waals surface area contributed by atoms with Crippen molar-refractivity contribution in [3.63, 3.8) is 0 Å². The van der Waals surface area contributed by atoms with E-state index in [4.69, 9.17) is 4.74 Å². The Hall–Kier alpha value is -2.61. The fraction of sp³-hybridized carbons (Fsp3) is 0.105. The number of allylic oxidation sites excluding steroid dienone is 1. The van der Waals surface area contributed by atoms with Crippen LogP contribution in [0.4, 0.5) is 0 Å². The molecule has 3 rings (SSSR count). The highest BCUT2D eigenvalue weighted by atomic mass is 16.5. The minimum atomic E-state index is -0.316. The number of esters is 1. The van der Waals surface area contributed by atoms with Crippen molar-refractivity contribution in [2.75, 3.05) is 0 Å². The Balaban J connectivity index is 1.98. The van der Waals surface area contributed by atoms with E-state index in [-0.39, 0.29) is 5.97 Å². The van der Waals surface area contributed by atoms with Crippen LogP contribution in [0.3, 0.4) is 0 Å². The van der Waals surface area contributed by atoms with Gasteiger partial charge < -0.3 is 4.74 Å². The van der Waals surface area contributed by atoms with Gasteiger partial charge in [-0.3, -0.25) is 0 Å². The van der Waals surface area contributed by atoms with Crippen molar-refractivity contribution >= 4 is 17.6 Å². The molecule has 0 unspecified atom stereocenters. The Morgan fingerprint density at radius 2 is 1.43 bits per heavy atom. The lowest BCUT2D eigenvalue weighted by Gasteiger charge is -2.06. The first-order valence-corrected chi connectivity index (χ1v) is 6.91. The highest BCUT2D eigenvalue weighted by Crippen LogP contribution is 2.31. The number of carbonyl (C=O) groups is 1. The number of aryl methyl sites for hydroxylation is 2. The van der Waals surface area contributed by atoms with Gasteiger partial charge in [-0.05, 0) is 31.1 Å². The monoisotopic (exact) mass is 276 g/mol. The lowest BCUT2D eigenvalue weighted by molar-refractivity contribution is -0.132. The minimum absolute atomic E-state index is 0.316. The number of hydrogen-bond acceptors (Lipinski definition) is 2. The Labute approximate surface area is 124 Å². The SMILES string of the molecule is Cc1ccc(/C=C2\OC(=O)C=C2c2ccc(C)cc2)cc1. The molecule has 0 amide bonds. The van der Waals surface area contributed by atoms with Gasteiger partial charge in [0.25, 0.3) is 0 Å². The molecular formula is C19H16O2. The van der Waals surface area contributed by atoms with E-state index in [1.54, 1.807) is 6.08 Å². The van der Waals surface area contributed by atoms with Crippen LogP contribution in [0.2, 0.25) is 0 Å². The van der Waals surface area contributed by atoms with E-state index in [2.05, 4.69) is 0 Å². The molecule has 2 heteroatoms. The highest BCUT2D eigenvalue weighted by molar-refractivity contribution is 6.03. The topological polar surface area (TPSA) is 26.3 Å². The summed E-state index contributed by atoms with van der Waals surface area (Å²) in [6.45, 7) is 4.08. The summed E-state index contributed by atoms with van der Waals surface area (Å²) in [4.78, 5) is 11.6. The third kappa shape index (κ3) is 2.95. The average molecular weight is 276 g/mol. The maximum Gasteiger partial charge on any atom is 0.336 e. The van der Waals surface area contributed by atoms with Crippen molar-refractivity contribution in [1.82, 2.24) is 0 Å². The molecule has 0 N–H and O–H groups in total. The van der Waals surface area contributed by atoms with E-state index < -0.39 is 0 Å². The van der Waals surface area contributed by atoms with Gasteiger partial charge in [0.1, 0.15) is 5.76 Å². The molecule has 1 aliphatic rings. The molecule has 21 heavy (non-hydrogen) atoms. The number of benzene rings is 2. The van der Waals surface area contributed by atoms with Gasteiger partial charge in [-0.1, -0.05) is 59.7 Å². The lowest BCUT2D eigenvalue weighted by Crippen LogP contribution is -1.91. The molecule has 0 bridgehead atoms. The van der Waals surface area contributed by atoms with Gasteiger partial charge in [0.05, 0.1) is 0 Å². The average Bonchev–Trinajstić information content (AvgIpc) is 2.83. The quantitative estimate of drug-likeness (QED) is 0.765. The number of cyclic esters (lactones) is 1. The fourth-order valence-electron chi connectivity index (χ4n) is 2.26. The Bertz CT molecular complexity index is 732. The molecule has 1 aliphatic heterocycles. The van der Waals surface area contributed by atoms with Gasteiger partial charge in [0.15, 0.2) is 0 Å². The summed E-state index contributed by atoms with van der Waals surface area (Å²) >= 11 is 0. The summed E-state index contributed by atoms with van der Waals surface area (Å²) in [7, 11) is 0. The Morgan fingerprint density at radius 3 is 2.05 bits per heavy atom. The van der Waals surface area contributed by atoms with Crippen molar-refractivity contribution in [3.05, 3.63) is 82.6 Å². The van der Waals surface area contributed by atoms with Gasteiger partial charge in [-0.2, -0.15) is 0 Å². The van der Waals surface area contributed by atoms with Crippen LogP contribution in [0.1, 0.15) is 22.3 Å². The van der Waals surface area contributed by atoms with Crippen molar-refractivity contribution in [2.45, 2.75) is 13.8 Å². The smallest absolute Gasteiger partial charge is 0.336 e. The number of carbonyl (C=O) groups excluding carboxylic acids is 1. The van der Waals surface area contributed by atoms with Crippen LogP contribution in [0.15, 0.2) is 60.4 Å². The molecule has 0 radical (unpaired) electrons. The fourth-order valence-corrected chi connectivity index (χ4v) is 2.26. The van der Waals surface area contributed by atoms with Gasteiger partial charge >= 0.3 is 5.97 Å². The number of ether oxygens (including phenoxy) is 1. The van der Waals surface area contributed by atoms with E-state index in [1.807, 2.05) is 68.5 Å². The van der Waals surface area contributed by atoms with Gasteiger partial charge in [-0.15, -0.1) is 0 Å². The molecule has 0 fully saturated rings. The number of hydrogen-bond donors (Lipinski definition) is 0. The zero-order chi connectivity index (χ0) is 14.8. The second-order valence-electron chi connectivity index (χ2n) is 5.26. The largest absolute Gasteiger partial charge is 0.423 e. The Kier molecular flexibility index (Phi) is 3.44. The summed E-state index contributed by atoms with van der Waals surface area (Å²) < 4.78 is 5.32. The van der Waals surface area contributed by atoms with E-state index in [1.165, 1.54) is 11.1 Å². The molecule has 0 aromatic heterocycles. The van der Waals surface area contributed by atoms with E-state index in [9.17, 15) is 4.79 Å². The van der Waals surface area contributed by atoms with E-state index >= 15 is 0 Å². The summed E-state index contributed by atoms with van der Waals surface area (Å²) in [6.07, 6.45) is 3.45. The molecule has 0 saturated heterocycles. The van der Waals surface area contributed by atoms with Crippen LogP contribution in [0.25, 0.3) is 11.6 Å². The van der Waals surface area contributed by atoms with E-state index in [0.717, 1.165) is 16.7 Å². The van der Waals surface area contributed by atoms with Crippen molar-refractivity contribution in [2.24, 2.45) is 0 Å². The van der Waals surface area contributed by atoms with Crippen LogP contribution in [-0.2, 0) is 9.53 Å². The predicted octanol–water partition coefficient (Wildman–Crippen LogP) is 4.28. The van der Waals surface area contributed by atoms with Crippen LogP contribution in [0.5, 0.6) is 0 Å². The molecule has 2 aromatic carbocycles. The molecule has 104 valence electrons. The molecule has 1 heterocycles. The Morgan fingerprint density at radius 1 is 0.857 bits per heavy atom. The van der Waals surface area contributed by atoms with Gasteiger partial charge in [0, 0.05) is 11.6 Å². The maximum absolute atomic E-state index is 11.6. The van der Waals surface area contributed by atoms with Crippen molar-refractivity contribution < 1.29 is 9.53 Å². The predicted molar refractivity (Wildman–Crippen MR) is 84.4 cm³/mol. The van der Waals surface area contributed by atoms with Crippen LogP contribution < -0.4 is 0 Å². The zero-order valence-electron chi connectivity index (χ0n) is 12.1. The highest BCUT2D eigenvalue weighted by Gasteiger charge is 2.21. The third-order valence-electron chi connectivity index (χ3n) is 3.48. The third-order valence-corrected chi connectivity index (χ3v) is 3.48. The zero-order valence-corrected chi connectivity index (χ0v) is 12.1. The molecule has 2 aromatic rings. The summed E-state index contributed by atoms with van der Waals surface area (Å²) in [6, 6.07) is 16.2. The second-order valence-corrected chi connectivity index (χ2v) is 5.26. The lowest BCUT2D eigenvalue weighted by atomic mass is 10.0. The molecule has 0 aliphatic carbocycles. The van der Waals surface area contributed by atoms with E-state index in [0.29, 0.717) is 5.76 Å². The first-order chi connectivity index (χ1) is 10.1. The van der Waals surface area contributed by atoms with Gasteiger partial charge in [0.2, 0.25) is 0 Å². The molecular weight excluding hydrogens is 260 g/mol. The van der Waals surface area contributed by atoms with Gasteiger partial charge in [-0.25, -0.2) is 4.79 Å². The molecule has 2 nitrogen and oxygen atoms in total. The van der Waals surface area contributed by atoms with Crippen LogP contribution in [0, 0.1) is 13.8 Å². The standard InChI is InChI=1S/C19H16O2/c1-13-3-7-15(8-4-13)11-18-17(12-19(20)21-18)16-9-5-14(2)6-10-16/h3-12H,1-2H3/b18-11-. The maximum atomic E-state index is 11.6. The van der Waals surface area contributed by atoms with Crippen molar-refractivity contribution in [3.8, 4) is 0 Å². The molecule has 0 saturated carbocycles. The van der Waals surface area contributed by atoms with Crippen LogP contribution >= 0.6 is 0 Å². The first-order valence-electron chi connectivity index (χ1n) is 6.91. The normalized spacial score (nSPS) is 16.0. The molecule has 0 atom stereocenters. The summed E-state index contributed by atoms with van der Waals surface area (Å²) in [5.74, 6) is 0.289. The van der Waals surface area contributed by atoms with Crippen LogP contribution in [-0.4, -0.2) is 5.97 Å². The second kappa shape index (κ2) is 5.41.